The van der Waals surface area contributed by atoms with Gasteiger partial charge in [0.2, 0.25) is 5.91 Å². The number of hydrogen-bond donors (Lipinski definition) is 0. The van der Waals surface area contributed by atoms with Crippen LogP contribution >= 0.6 is 11.8 Å². The van der Waals surface area contributed by atoms with E-state index in [-0.39, 0.29) is 22.2 Å². The van der Waals surface area contributed by atoms with Crippen molar-refractivity contribution in [3.05, 3.63) is 60.2 Å². The van der Waals surface area contributed by atoms with Crippen LogP contribution in [0.2, 0.25) is 0 Å². The Labute approximate surface area is 152 Å². The summed E-state index contributed by atoms with van der Waals surface area (Å²) in [6.07, 6.45) is 0. The molecule has 3 rings (SSSR count). The van der Waals surface area contributed by atoms with E-state index in [4.69, 9.17) is 4.74 Å². The molecule has 0 saturated carbocycles. The van der Waals surface area contributed by atoms with Crippen LogP contribution in [-0.2, 0) is 16.1 Å². The maximum atomic E-state index is 12.4. The summed E-state index contributed by atoms with van der Waals surface area (Å²) in [6, 6.07) is 17.4. The first-order chi connectivity index (χ1) is 12.0. The molecule has 2 aromatic carbocycles. The lowest BCUT2D eigenvalue weighted by Gasteiger charge is -2.16. The van der Waals surface area contributed by atoms with E-state index < -0.39 is 0 Å². The molecule has 0 aromatic heterocycles. The van der Waals surface area contributed by atoms with Gasteiger partial charge < -0.3 is 9.64 Å². The third-order valence-electron chi connectivity index (χ3n) is 4.25. The predicted octanol–water partition coefficient (Wildman–Crippen LogP) is 4.11. The van der Waals surface area contributed by atoms with Gasteiger partial charge in [-0.1, -0.05) is 49.0 Å². The average molecular weight is 355 g/mol. The molecule has 1 aliphatic rings. The van der Waals surface area contributed by atoms with Crippen molar-refractivity contribution in [1.82, 2.24) is 4.90 Å². The van der Waals surface area contributed by atoms with Crippen LogP contribution in [0.3, 0.4) is 0 Å². The summed E-state index contributed by atoms with van der Waals surface area (Å²) in [4.78, 5) is 25.5. The zero-order valence-electron chi connectivity index (χ0n) is 14.3. The van der Waals surface area contributed by atoms with Crippen LogP contribution < -0.4 is 4.74 Å². The summed E-state index contributed by atoms with van der Waals surface area (Å²) in [5.74, 6) is 1.56. The molecule has 0 radical (unpaired) electrons. The number of para-hydroxylation sites is 1. The average Bonchev–Trinajstić information content (AvgIpc) is 2.85. The van der Waals surface area contributed by atoms with Gasteiger partial charge in [0.15, 0.2) is 5.12 Å². The molecule has 0 N–H and O–H groups in total. The molecule has 1 fully saturated rings. The Morgan fingerprint density at radius 1 is 1.12 bits per heavy atom. The van der Waals surface area contributed by atoms with E-state index in [0.29, 0.717) is 13.1 Å². The maximum Gasteiger partial charge on any atom is 0.226 e. The lowest BCUT2D eigenvalue weighted by Crippen LogP contribution is -2.26. The van der Waals surface area contributed by atoms with Gasteiger partial charge in [0.25, 0.3) is 0 Å². The van der Waals surface area contributed by atoms with Crippen LogP contribution in [0, 0.1) is 5.92 Å². The molecule has 1 aliphatic heterocycles. The molecule has 1 amide bonds. The third kappa shape index (κ3) is 4.42. The van der Waals surface area contributed by atoms with Gasteiger partial charge in [0, 0.05) is 31.2 Å². The van der Waals surface area contributed by atoms with Crippen molar-refractivity contribution in [3.63, 3.8) is 0 Å². The smallest absolute Gasteiger partial charge is 0.226 e. The second-order valence-electron chi connectivity index (χ2n) is 6.21. The molecular weight excluding hydrogens is 334 g/mol. The van der Waals surface area contributed by atoms with Crippen molar-refractivity contribution in [2.75, 3.05) is 6.54 Å². The largest absolute Gasteiger partial charge is 0.457 e. The number of carbonyl (C=O) groups is 2. The number of rotatable bonds is 5. The molecule has 0 aliphatic carbocycles. The molecule has 5 heteroatoms. The van der Waals surface area contributed by atoms with Crippen LogP contribution in [0.15, 0.2) is 54.6 Å². The quantitative estimate of drug-likeness (QED) is 0.810. The predicted molar refractivity (Wildman–Crippen MR) is 99.6 cm³/mol. The topological polar surface area (TPSA) is 46.6 Å². The fourth-order valence-electron chi connectivity index (χ4n) is 2.92. The fourth-order valence-corrected chi connectivity index (χ4v) is 3.92. The summed E-state index contributed by atoms with van der Waals surface area (Å²) < 4.78 is 5.78. The van der Waals surface area contributed by atoms with Gasteiger partial charge in [-0.05, 0) is 29.8 Å². The van der Waals surface area contributed by atoms with Gasteiger partial charge in [0.1, 0.15) is 11.5 Å². The van der Waals surface area contributed by atoms with E-state index in [1.54, 1.807) is 6.92 Å². The Bertz CT molecular complexity index is 745. The van der Waals surface area contributed by atoms with Crippen molar-refractivity contribution in [2.45, 2.75) is 25.6 Å². The molecule has 2 aromatic rings. The van der Waals surface area contributed by atoms with Crippen molar-refractivity contribution in [3.8, 4) is 11.5 Å². The first-order valence-electron chi connectivity index (χ1n) is 8.31. The molecule has 0 bridgehead atoms. The number of ether oxygens (including phenoxy) is 1. The molecular formula is C20H21NO3S. The van der Waals surface area contributed by atoms with Crippen molar-refractivity contribution < 1.29 is 14.3 Å². The Kier molecular flexibility index (Phi) is 5.43. The van der Waals surface area contributed by atoms with Crippen LogP contribution in [0.5, 0.6) is 11.5 Å². The zero-order chi connectivity index (χ0) is 17.8. The lowest BCUT2D eigenvalue weighted by atomic mass is 10.1. The zero-order valence-corrected chi connectivity index (χ0v) is 15.2. The first kappa shape index (κ1) is 17.5. The number of thioether (sulfide) groups is 1. The Hall–Kier alpha value is -2.27. The minimum absolute atomic E-state index is 0.0469. The highest BCUT2D eigenvalue weighted by molar-refractivity contribution is 8.14. The van der Waals surface area contributed by atoms with Crippen molar-refractivity contribution >= 4 is 22.8 Å². The Morgan fingerprint density at radius 3 is 2.40 bits per heavy atom. The number of carbonyl (C=O) groups excluding carboxylic acids is 2. The van der Waals surface area contributed by atoms with E-state index in [2.05, 4.69) is 0 Å². The maximum absolute atomic E-state index is 12.4. The molecule has 0 unspecified atom stereocenters. The fraction of sp³-hybridized carbons (Fsp3) is 0.300. The molecule has 130 valence electrons. The summed E-state index contributed by atoms with van der Waals surface area (Å²) in [5, 5.41) is 0.111. The second kappa shape index (κ2) is 7.74. The van der Waals surface area contributed by atoms with Gasteiger partial charge in [-0.25, -0.2) is 0 Å². The summed E-state index contributed by atoms with van der Waals surface area (Å²) in [5.41, 5.74) is 1.05. The molecule has 1 saturated heterocycles. The minimum atomic E-state index is -0.116. The number of likely N-dealkylation sites (tertiary alicyclic amines) is 1. The Balaban J connectivity index is 1.61. The second-order valence-corrected chi connectivity index (χ2v) is 7.63. The highest BCUT2D eigenvalue weighted by Gasteiger charge is 2.38. The van der Waals surface area contributed by atoms with Gasteiger partial charge in [0.05, 0.1) is 0 Å². The van der Waals surface area contributed by atoms with Crippen LogP contribution in [0.4, 0.5) is 0 Å². The molecule has 0 spiro atoms. The lowest BCUT2D eigenvalue weighted by molar-refractivity contribution is -0.131. The van der Waals surface area contributed by atoms with E-state index >= 15 is 0 Å². The monoisotopic (exact) mass is 355 g/mol. The SMILES string of the molecule is CC(=O)S[C@H]1CN(Cc2ccc(Oc3ccccc3)cc2)C(=O)[C@@H]1C. The number of nitrogens with zero attached hydrogens (tertiary/aromatic N) is 1. The van der Waals surface area contributed by atoms with Crippen molar-refractivity contribution in [1.29, 1.82) is 0 Å². The van der Waals surface area contributed by atoms with Gasteiger partial charge in [-0.3, -0.25) is 9.59 Å². The van der Waals surface area contributed by atoms with E-state index in [1.807, 2.05) is 66.4 Å². The van der Waals surface area contributed by atoms with Crippen molar-refractivity contribution in [2.24, 2.45) is 5.92 Å². The molecule has 2 atom stereocenters. The van der Waals surface area contributed by atoms with Crippen LogP contribution in [0.1, 0.15) is 19.4 Å². The highest BCUT2D eigenvalue weighted by atomic mass is 32.2. The first-order valence-corrected chi connectivity index (χ1v) is 9.19. The molecule has 4 nitrogen and oxygen atoms in total. The van der Waals surface area contributed by atoms with Gasteiger partial charge >= 0.3 is 0 Å². The molecule has 25 heavy (non-hydrogen) atoms. The summed E-state index contributed by atoms with van der Waals surface area (Å²) in [6.45, 7) is 4.63. The van der Waals surface area contributed by atoms with Gasteiger partial charge in [-0.2, -0.15) is 0 Å². The van der Waals surface area contributed by atoms with E-state index in [9.17, 15) is 9.59 Å². The van der Waals surface area contributed by atoms with E-state index in [1.165, 1.54) is 11.8 Å². The minimum Gasteiger partial charge on any atom is -0.457 e. The Morgan fingerprint density at radius 2 is 1.76 bits per heavy atom. The summed E-state index contributed by atoms with van der Waals surface area (Å²) in [7, 11) is 0. The van der Waals surface area contributed by atoms with Gasteiger partial charge in [-0.15, -0.1) is 0 Å². The standard InChI is InChI=1S/C20H21NO3S/c1-14-19(25-15(2)22)13-21(20(14)23)12-16-8-10-18(11-9-16)24-17-6-4-3-5-7-17/h3-11,14,19H,12-13H2,1-2H3/t14-,19+/m1/s1. The van der Waals surface area contributed by atoms with Crippen LogP contribution in [-0.4, -0.2) is 27.7 Å². The normalized spacial score (nSPS) is 19.9. The number of amides is 1. The number of hydrogen-bond acceptors (Lipinski definition) is 4. The number of benzene rings is 2. The summed E-state index contributed by atoms with van der Waals surface area (Å²) >= 11 is 1.27. The highest BCUT2D eigenvalue weighted by Crippen LogP contribution is 2.30. The van der Waals surface area contributed by atoms with E-state index in [0.717, 1.165) is 17.1 Å². The van der Waals surface area contributed by atoms with Crippen LogP contribution in [0.25, 0.3) is 0 Å². The molecule has 1 heterocycles. The third-order valence-corrected chi connectivity index (χ3v) is 5.44.